The highest BCUT2D eigenvalue weighted by Gasteiger charge is 2.35. The number of nitrogens with zero attached hydrogens (tertiary/aromatic N) is 1. The molecule has 3 unspecified atom stereocenters. The number of hydrogen-bond acceptors (Lipinski definition) is 6. The fourth-order valence-electron chi connectivity index (χ4n) is 3.43. The number of carbonyl (C=O) groups is 3. The highest BCUT2D eigenvalue weighted by molar-refractivity contribution is 7.99. The van der Waals surface area contributed by atoms with Crippen molar-refractivity contribution < 1.29 is 29.0 Å². The molecule has 0 bridgehead atoms. The molecule has 0 saturated carbocycles. The number of thioether (sulfide) groups is 1. The predicted molar refractivity (Wildman–Crippen MR) is 115 cm³/mol. The van der Waals surface area contributed by atoms with Gasteiger partial charge in [0.2, 0.25) is 5.91 Å². The van der Waals surface area contributed by atoms with Crippen molar-refractivity contribution in [2.45, 2.75) is 44.4 Å². The average molecular weight is 439 g/mol. The van der Waals surface area contributed by atoms with E-state index in [4.69, 9.17) is 14.6 Å². The number of ether oxygens (including phenoxy) is 2. The third-order valence-corrected chi connectivity index (χ3v) is 6.15. The van der Waals surface area contributed by atoms with Crippen molar-refractivity contribution in [1.29, 1.82) is 0 Å². The van der Waals surface area contributed by atoms with Crippen LogP contribution in [0.3, 0.4) is 0 Å². The number of carboxylic acids is 1. The molecule has 0 aromatic heterocycles. The van der Waals surface area contributed by atoms with Gasteiger partial charge in [-0.3, -0.25) is 14.4 Å². The van der Waals surface area contributed by atoms with Crippen molar-refractivity contribution in [2.24, 2.45) is 0 Å². The number of carbonyl (C=O) groups excluding carboxylic acids is 2. The number of carboxylic acid groups (broad SMARTS) is 1. The van der Waals surface area contributed by atoms with Gasteiger partial charge in [0.25, 0.3) is 5.91 Å². The molecule has 0 spiro atoms. The van der Waals surface area contributed by atoms with E-state index < -0.39 is 12.0 Å². The van der Waals surface area contributed by atoms with E-state index in [1.165, 1.54) is 11.8 Å². The first-order chi connectivity index (χ1) is 14.3. The lowest BCUT2D eigenvalue weighted by Crippen LogP contribution is -2.50. The fourth-order valence-corrected chi connectivity index (χ4v) is 4.23. The number of amides is 2. The molecule has 0 radical (unpaired) electrons. The average Bonchev–Trinajstić information content (AvgIpc) is 3.22. The maximum atomic E-state index is 13.0. The Balaban J connectivity index is 2.03. The van der Waals surface area contributed by atoms with E-state index in [2.05, 4.69) is 5.32 Å². The zero-order chi connectivity index (χ0) is 22.1. The van der Waals surface area contributed by atoms with Crippen LogP contribution in [0.2, 0.25) is 0 Å². The van der Waals surface area contributed by atoms with Crippen LogP contribution in [0.1, 0.15) is 36.5 Å². The minimum atomic E-state index is -0.892. The molecule has 9 heteroatoms. The summed E-state index contributed by atoms with van der Waals surface area (Å²) in [5, 5.41) is 11.9. The molecule has 1 aromatic rings. The first kappa shape index (κ1) is 24.0. The third kappa shape index (κ3) is 6.91. The molecule has 1 fully saturated rings. The molecule has 2 amide bonds. The lowest BCUT2D eigenvalue weighted by molar-refractivity contribution is -0.134. The van der Waals surface area contributed by atoms with Gasteiger partial charge in [0, 0.05) is 31.0 Å². The maximum absolute atomic E-state index is 13.0. The van der Waals surface area contributed by atoms with Crippen molar-refractivity contribution in [3.8, 4) is 5.75 Å². The molecular formula is C21H30N2O6S. The van der Waals surface area contributed by atoms with Crippen molar-refractivity contribution in [3.05, 3.63) is 29.8 Å². The summed E-state index contributed by atoms with van der Waals surface area (Å²) in [6.07, 6.45) is 1.84. The summed E-state index contributed by atoms with van der Waals surface area (Å²) >= 11 is 1.25. The largest absolute Gasteiger partial charge is 0.497 e. The Morgan fingerprint density at radius 2 is 1.97 bits per heavy atom. The van der Waals surface area contributed by atoms with Gasteiger partial charge in [-0.05, 0) is 50.5 Å². The van der Waals surface area contributed by atoms with Crippen molar-refractivity contribution in [3.63, 3.8) is 0 Å². The van der Waals surface area contributed by atoms with Gasteiger partial charge < -0.3 is 24.8 Å². The fraction of sp³-hybridized carbons (Fsp3) is 0.571. The van der Waals surface area contributed by atoms with Gasteiger partial charge in [0.1, 0.15) is 11.8 Å². The Labute approximate surface area is 181 Å². The Morgan fingerprint density at radius 3 is 2.57 bits per heavy atom. The molecule has 2 N–H and O–H groups in total. The van der Waals surface area contributed by atoms with Crippen LogP contribution >= 0.6 is 11.8 Å². The first-order valence-corrected chi connectivity index (χ1v) is 11.1. The van der Waals surface area contributed by atoms with Crippen molar-refractivity contribution in [2.75, 3.05) is 32.3 Å². The Hall–Kier alpha value is -2.26. The molecule has 8 nitrogen and oxygen atoms in total. The minimum Gasteiger partial charge on any atom is -0.497 e. The summed E-state index contributed by atoms with van der Waals surface area (Å²) in [4.78, 5) is 38.3. The highest BCUT2D eigenvalue weighted by Crippen LogP contribution is 2.22. The standard InChI is InChI=1S/C21H30N2O6S/c1-14(28-2)11-16(12-30-13-19(24)25)22-20(26)18-5-4-10-23(18)21(27)15-6-8-17(29-3)9-7-15/h6-9,14,16,18H,4-5,10-13H2,1-3H3,(H,22,26)(H,24,25). The Morgan fingerprint density at radius 1 is 1.27 bits per heavy atom. The summed E-state index contributed by atoms with van der Waals surface area (Å²) in [6.45, 7) is 2.42. The van der Waals surface area contributed by atoms with E-state index >= 15 is 0 Å². The van der Waals surface area contributed by atoms with E-state index in [9.17, 15) is 14.4 Å². The number of methoxy groups -OCH3 is 2. The number of rotatable bonds is 11. The first-order valence-electron chi connectivity index (χ1n) is 9.93. The third-order valence-electron chi connectivity index (χ3n) is 5.06. The number of benzene rings is 1. The van der Waals surface area contributed by atoms with Gasteiger partial charge in [-0.25, -0.2) is 0 Å². The molecule has 3 atom stereocenters. The van der Waals surface area contributed by atoms with Crippen LogP contribution in [0.5, 0.6) is 5.75 Å². The summed E-state index contributed by atoms with van der Waals surface area (Å²) in [5.74, 6) is -0.187. The molecule has 1 saturated heterocycles. The summed E-state index contributed by atoms with van der Waals surface area (Å²) in [7, 11) is 3.16. The molecular weight excluding hydrogens is 408 g/mol. The van der Waals surface area contributed by atoms with Crippen LogP contribution in [-0.4, -0.2) is 78.2 Å². The SMILES string of the molecule is COc1ccc(C(=O)N2CCCC2C(=O)NC(CSCC(=O)O)CC(C)OC)cc1. The lowest BCUT2D eigenvalue weighted by atomic mass is 10.1. The van der Waals surface area contributed by atoms with E-state index in [0.29, 0.717) is 36.5 Å². The van der Waals surface area contributed by atoms with Crippen LogP contribution in [0.15, 0.2) is 24.3 Å². The number of nitrogens with one attached hydrogen (secondary N) is 1. The lowest BCUT2D eigenvalue weighted by Gasteiger charge is -2.27. The monoisotopic (exact) mass is 438 g/mol. The molecule has 1 aliphatic rings. The molecule has 1 aromatic carbocycles. The summed E-state index contributed by atoms with van der Waals surface area (Å²) in [5.41, 5.74) is 0.511. The van der Waals surface area contributed by atoms with Crippen LogP contribution in [-0.2, 0) is 14.3 Å². The highest BCUT2D eigenvalue weighted by atomic mass is 32.2. The van der Waals surface area contributed by atoms with Crippen LogP contribution in [0.4, 0.5) is 0 Å². The second-order valence-corrected chi connectivity index (χ2v) is 8.31. The molecule has 166 valence electrons. The van der Waals surface area contributed by atoms with Gasteiger partial charge in [-0.15, -0.1) is 11.8 Å². The van der Waals surface area contributed by atoms with E-state index in [1.807, 2.05) is 6.92 Å². The second-order valence-electron chi connectivity index (χ2n) is 7.28. The minimum absolute atomic E-state index is 0.0285. The Bertz CT molecular complexity index is 727. The van der Waals surface area contributed by atoms with Gasteiger partial charge in [-0.1, -0.05) is 0 Å². The quantitative estimate of drug-likeness (QED) is 0.545. The van der Waals surface area contributed by atoms with Gasteiger partial charge >= 0.3 is 5.97 Å². The van der Waals surface area contributed by atoms with Crippen molar-refractivity contribution >= 4 is 29.5 Å². The molecule has 1 aliphatic heterocycles. The summed E-state index contributed by atoms with van der Waals surface area (Å²) < 4.78 is 10.4. The summed E-state index contributed by atoms with van der Waals surface area (Å²) in [6, 6.07) is 6.06. The topological polar surface area (TPSA) is 105 Å². The molecule has 0 aliphatic carbocycles. The van der Waals surface area contributed by atoms with E-state index in [1.54, 1.807) is 43.4 Å². The second kappa shape index (κ2) is 11.8. The normalized spacial score (nSPS) is 18.0. The number of aliphatic carboxylic acids is 1. The van der Waals surface area contributed by atoms with Gasteiger partial charge in [0.05, 0.1) is 19.0 Å². The van der Waals surface area contributed by atoms with Crippen molar-refractivity contribution in [1.82, 2.24) is 10.2 Å². The zero-order valence-electron chi connectivity index (χ0n) is 17.6. The maximum Gasteiger partial charge on any atom is 0.313 e. The zero-order valence-corrected chi connectivity index (χ0v) is 18.4. The van der Waals surface area contributed by atoms with Crippen LogP contribution in [0.25, 0.3) is 0 Å². The van der Waals surface area contributed by atoms with E-state index in [0.717, 1.165) is 6.42 Å². The Kier molecular flexibility index (Phi) is 9.45. The smallest absolute Gasteiger partial charge is 0.313 e. The number of hydrogen-bond donors (Lipinski definition) is 2. The predicted octanol–water partition coefficient (Wildman–Crippen LogP) is 2.03. The molecule has 2 rings (SSSR count). The van der Waals surface area contributed by atoms with E-state index in [-0.39, 0.29) is 29.7 Å². The molecule has 1 heterocycles. The van der Waals surface area contributed by atoms with Gasteiger partial charge in [0.15, 0.2) is 0 Å². The van der Waals surface area contributed by atoms with Gasteiger partial charge in [-0.2, -0.15) is 0 Å². The van der Waals surface area contributed by atoms with Crippen LogP contribution < -0.4 is 10.1 Å². The van der Waals surface area contributed by atoms with Crippen LogP contribution in [0, 0.1) is 0 Å². The number of likely N-dealkylation sites (tertiary alicyclic amines) is 1. The molecule has 30 heavy (non-hydrogen) atoms.